The van der Waals surface area contributed by atoms with Crippen molar-refractivity contribution in [3.8, 4) is 0 Å². The quantitative estimate of drug-likeness (QED) is 0.775. The van der Waals surface area contributed by atoms with Crippen LogP contribution in [0.4, 0.5) is 18.9 Å². The molecule has 5 nitrogen and oxygen atoms in total. The summed E-state index contributed by atoms with van der Waals surface area (Å²) in [7, 11) is -3.83. The van der Waals surface area contributed by atoms with Crippen molar-refractivity contribution >= 4 is 21.5 Å². The normalized spacial score (nSPS) is 12.0. The van der Waals surface area contributed by atoms with Crippen LogP contribution in [0.5, 0.6) is 0 Å². The van der Waals surface area contributed by atoms with E-state index in [1.54, 1.807) is 6.92 Å². The lowest BCUT2D eigenvalue weighted by atomic mass is 10.3. The Kier molecular flexibility index (Phi) is 5.21. The standard InChI is InChI=1S/C12H14F3NO4S/c1-3-20-11(17)8-16(2)9-4-6-10(7-5-9)21(18,19)12(13,14)15/h4-7H,3,8H2,1-2H3. The minimum absolute atomic E-state index is 0.0980. The van der Waals surface area contributed by atoms with Crippen molar-refractivity contribution in [2.24, 2.45) is 0 Å². The number of anilines is 1. The summed E-state index contributed by atoms with van der Waals surface area (Å²) in [6.45, 7) is 1.77. The number of benzene rings is 1. The molecule has 0 amide bonds. The van der Waals surface area contributed by atoms with Gasteiger partial charge in [0.15, 0.2) is 0 Å². The first-order valence-corrected chi connectivity index (χ1v) is 7.36. The largest absolute Gasteiger partial charge is 0.501 e. The number of alkyl halides is 3. The Labute approximate surface area is 120 Å². The first-order valence-electron chi connectivity index (χ1n) is 5.87. The third-order valence-corrected chi connectivity index (χ3v) is 4.07. The smallest absolute Gasteiger partial charge is 0.465 e. The second-order valence-electron chi connectivity index (χ2n) is 4.10. The fourth-order valence-corrected chi connectivity index (χ4v) is 2.27. The van der Waals surface area contributed by atoms with Gasteiger partial charge in [-0.25, -0.2) is 8.42 Å². The van der Waals surface area contributed by atoms with Gasteiger partial charge in [0, 0.05) is 12.7 Å². The maximum atomic E-state index is 12.4. The molecule has 0 saturated heterocycles. The van der Waals surface area contributed by atoms with Gasteiger partial charge in [0.05, 0.1) is 11.5 Å². The first kappa shape index (κ1) is 17.3. The molecule has 21 heavy (non-hydrogen) atoms. The van der Waals surface area contributed by atoms with E-state index in [0.29, 0.717) is 5.69 Å². The van der Waals surface area contributed by atoms with E-state index < -0.39 is 26.2 Å². The molecule has 1 aromatic carbocycles. The molecule has 0 spiro atoms. The predicted molar refractivity (Wildman–Crippen MR) is 69.6 cm³/mol. The number of likely N-dealkylation sites (N-methyl/N-ethyl adjacent to an activating group) is 1. The minimum Gasteiger partial charge on any atom is -0.465 e. The number of sulfone groups is 1. The average Bonchev–Trinajstić information content (AvgIpc) is 2.37. The molecule has 0 saturated carbocycles. The zero-order valence-electron chi connectivity index (χ0n) is 11.3. The second-order valence-corrected chi connectivity index (χ2v) is 6.05. The van der Waals surface area contributed by atoms with E-state index in [-0.39, 0.29) is 13.2 Å². The Morgan fingerprint density at radius 1 is 1.24 bits per heavy atom. The molecule has 0 aliphatic carbocycles. The van der Waals surface area contributed by atoms with E-state index in [4.69, 9.17) is 4.74 Å². The van der Waals surface area contributed by atoms with Crippen LogP contribution in [0.2, 0.25) is 0 Å². The van der Waals surface area contributed by atoms with Gasteiger partial charge in [-0.15, -0.1) is 0 Å². The number of nitrogens with zero attached hydrogens (tertiary/aromatic N) is 1. The van der Waals surface area contributed by atoms with Crippen molar-refractivity contribution in [3.05, 3.63) is 24.3 Å². The molecule has 0 heterocycles. The molecule has 1 rings (SSSR count). The summed E-state index contributed by atoms with van der Waals surface area (Å²) in [5, 5.41) is 0. The summed E-state index contributed by atoms with van der Waals surface area (Å²) in [6.07, 6.45) is 0. The summed E-state index contributed by atoms with van der Waals surface area (Å²) >= 11 is 0. The summed E-state index contributed by atoms with van der Waals surface area (Å²) in [5.74, 6) is -0.494. The Morgan fingerprint density at radius 3 is 2.19 bits per heavy atom. The van der Waals surface area contributed by atoms with Gasteiger partial charge in [0.2, 0.25) is 0 Å². The number of carbonyl (C=O) groups is 1. The van der Waals surface area contributed by atoms with Gasteiger partial charge < -0.3 is 9.64 Å². The van der Waals surface area contributed by atoms with Gasteiger partial charge in [-0.3, -0.25) is 4.79 Å². The molecule has 1 aromatic rings. The Bertz CT molecular complexity index is 596. The summed E-state index contributed by atoms with van der Waals surface area (Å²) < 4.78 is 64.2. The van der Waals surface area contributed by atoms with Crippen molar-refractivity contribution in [2.75, 3.05) is 25.1 Å². The highest BCUT2D eigenvalue weighted by molar-refractivity contribution is 7.92. The highest BCUT2D eigenvalue weighted by atomic mass is 32.2. The maximum Gasteiger partial charge on any atom is 0.501 e. The Morgan fingerprint density at radius 2 is 1.76 bits per heavy atom. The second kappa shape index (κ2) is 6.33. The molecule has 0 aromatic heterocycles. The van der Waals surface area contributed by atoms with Crippen LogP contribution in [0, 0.1) is 0 Å². The summed E-state index contributed by atoms with van der Waals surface area (Å²) in [5.41, 5.74) is -4.95. The maximum absolute atomic E-state index is 12.4. The van der Waals surface area contributed by atoms with Crippen LogP contribution in [0.15, 0.2) is 29.2 Å². The molecular weight excluding hydrogens is 311 g/mol. The van der Waals surface area contributed by atoms with Gasteiger partial charge in [-0.2, -0.15) is 13.2 Å². The van der Waals surface area contributed by atoms with E-state index in [0.717, 1.165) is 12.1 Å². The number of esters is 1. The number of halogens is 3. The van der Waals surface area contributed by atoms with Crippen LogP contribution in [0.1, 0.15) is 6.92 Å². The number of carbonyl (C=O) groups excluding carboxylic acids is 1. The molecular formula is C12H14F3NO4S. The molecule has 0 radical (unpaired) electrons. The SMILES string of the molecule is CCOC(=O)CN(C)c1ccc(S(=O)(=O)C(F)(F)F)cc1. The summed E-state index contributed by atoms with van der Waals surface area (Å²) in [4.78, 5) is 11.9. The predicted octanol–water partition coefficient (Wildman–Crippen LogP) is 1.98. The highest BCUT2D eigenvalue weighted by Crippen LogP contribution is 2.30. The molecule has 0 N–H and O–H groups in total. The molecule has 118 valence electrons. The third kappa shape index (κ3) is 4.10. The van der Waals surface area contributed by atoms with E-state index in [2.05, 4.69) is 0 Å². The van der Waals surface area contributed by atoms with Gasteiger partial charge in [-0.05, 0) is 31.2 Å². The Balaban J connectivity index is 2.91. The van der Waals surface area contributed by atoms with E-state index in [1.165, 1.54) is 24.1 Å². The van der Waals surface area contributed by atoms with Gasteiger partial charge in [0.25, 0.3) is 9.84 Å². The van der Waals surface area contributed by atoms with Gasteiger partial charge >= 0.3 is 11.5 Å². The summed E-state index contributed by atoms with van der Waals surface area (Å²) in [6, 6.07) is 4.08. The third-order valence-electron chi connectivity index (χ3n) is 2.56. The van der Waals surface area contributed by atoms with Crippen molar-refractivity contribution in [2.45, 2.75) is 17.3 Å². The topological polar surface area (TPSA) is 63.7 Å². The number of hydrogen-bond donors (Lipinski definition) is 0. The van der Waals surface area contributed by atoms with Crippen LogP contribution in [0.25, 0.3) is 0 Å². The molecule has 0 unspecified atom stereocenters. The molecule has 0 bridgehead atoms. The minimum atomic E-state index is -5.36. The van der Waals surface area contributed by atoms with Crippen LogP contribution in [0.3, 0.4) is 0 Å². The monoisotopic (exact) mass is 325 g/mol. The molecule has 0 atom stereocenters. The first-order chi connectivity index (χ1) is 9.59. The van der Waals surface area contributed by atoms with Crippen LogP contribution in [-0.4, -0.2) is 40.1 Å². The van der Waals surface area contributed by atoms with Gasteiger partial charge in [0.1, 0.15) is 6.54 Å². The van der Waals surface area contributed by atoms with E-state index >= 15 is 0 Å². The average molecular weight is 325 g/mol. The lowest BCUT2D eigenvalue weighted by Gasteiger charge is -2.18. The van der Waals surface area contributed by atoms with Crippen molar-refractivity contribution in [1.82, 2.24) is 0 Å². The Hall–Kier alpha value is -1.77. The molecule has 0 aliphatic rings. The zero-order chi connectivity index (χ0) is 16.3. The molecule has 9 heteroatoms. The lowest BCUT2D eigenvalue weighted by molar-refractivity contribution is -0.141. The van der Waals surface area contributed by atoms with Crippen molar-refractivity contribution in [3.63, 3.8) is 0 Å². The zero-order valence-corrected chi connectivity index (χ0v) is 12.2. The van der Waals surface area contributed by atoms with Crippen LogP contribution >= 0.6 is 0 Å². The number of rotatable bonds is 5. The van der Waals surface area contributed by atoms with Crippen molar-refractivity contribution in [1.29, 1.82) is 0 Å². The lowest BCUT2D eigenvalue weighted by Crippen LogP contribution is -2.27. The fourth-order valence-electron chi connectivity index (χ4n) is 1.50. The van der Waals surface area contributed by atoms with Gasteiger partial charge in [-0.1, -0.05) is 0 Å². The van der Waals surface area contributed by atoms with Crippen LogP contribution in [-0.2, 0) is 19.4 Å². The van der Waals surface area contributed by atoms with E-state index in [1.807, 2.05) is 0 Å². The number of ether oxygens (including phenoxy) is 1. The fraction of sp³-hybridized carbons (Fsp3) is 0.417. The molecule has 0 aliphatic heterocycles. The highest BCUT2D eigenvalue weighted by Gasteiger charge is 2.46. The number of hydrogen-bond acceptors (Lipinski definition) is 5. The molecule has 0 fully saturated rings. The van der Waals surface area contributed by atoms with Crippen molar-refractivity contribution < 1.29 is 31.1 Å². The van der Waals surface area contributed by atoms with E-state index in [9.17, 15) is 26.4 Å². The van der Waals surface area contributed by atoms with Crippen LogP contribution < -0.4 is 4.90 Å².